The smallest absolute Gasteiger partial charge is 0.261 e. The maximum Gasteiger partial charge on any atom is 0.261 e. The molecular weight excluding hydrogens is 502 g/mol. The first-order valence-corrected chi connectivity index (χ1v) is 14.3. The van der Waals surface area contributed by atoms with Crippen molar-refractivity contribution in [3.63, 3.8) is 0 Å². The Morgan fingerprint density at radius 2 is 1.53 bits per heavy atom. The molecule has 36 heavy (non-hydrogen) atoms. The lowest BCUT2D eigenvalue weighted by Gasteiger charge is -2.28. The molecule has 0 aliphatic heterocycles. The minimum atomic E-state index is -3.85. The third kappa shape index (κ3) is 6.35. The first-order chi connectivity index (χ1) is 16.8. The number of carbonyl (C=O) groups excluding carboxylic acids is 1. The molecule has 2 N–H and O–H groups in total. The fraction of sp³-hybridized carbons (Fsp3) is 0.240. The molecule has 0 bridgehead atoms. The van der Waals surface area contributed by atoms with Crippen LogP contribution in [0.1, 0.15) is 18.1 Å². The van der Waals surface area contributed by atoms with E-state index in [0.29, 0.717) is 22.8 Å². The number of hydrogen-bond donors (Lipinski definition) is 2. The van der Waals surface area contributed by atoms with Crippen molar-refractivity contribution in [3.8, 4) is 5.75 Å². The zero-order chi connectivity index (χ0) is 26.7. The summed E-state index contributed by atoms with van der Waals surface area (Å²) in [6.07, 6.45) is 1.02. The van der Waals surface area contributed by atoms with E-state index in [1.807, 2.05) is 26.0 Å². The molecule has 0 fully saturated rings. The van der Waals surface area contributed by atoms with Gasteiger partial charge in [-0.15, -0.1) is 0 Å². The highest BCUT2D eigenvalue weighted by molar-refractivity contribution is 7.92. The van der Waals surface area contributed by atoms with Crippen LogP contribution in [0.5, 0.6) is 5.75 Å². The molecular formula is C25H29N3O6S2. The second-order valence-corrected chi connectivity index (χ2v) is 11.9. The Morgan fingerprint density at radius 3 is 2.06 bits per heavy atom. The Labute approximate surface area is 212 Å². The zero-order valence-corrected chi connectivity index (χ0v) is 22.3. The number of carbonyl (C=O) groups is 1. The predicted molar refractivity (Wildman–Crippen MR) is 142 cm³/mol. The number of nitrogens with zero attached hydrogens (tertiary/aromatic N) is 1. The lowest BCUT2D eigenvalue weighted by Crippen LogP contribution is -2.45. The number of aryl methyl sites for hydroxylation is 2. The van der Waals surface area contributed by atoms with E-state index >= 15 is 0 Å². The molecule has 1 amide bonds. The van der Waals surface area contributed by atoms with E-state index in [1.54, 1.807) is 30.3 Å². The molecule has 11 heteroatoms. The van der Waals surface area contributed by atoms with Crippen LogP contribution in [0.15, 0.2) is 71.6 Å². The van der Waals surface area contributed by atoms with E-state index in [0.717, 1.165) is 21.7 Å². The molecule has 0 aliphatic carbocycles. The minimum Gasteiger partial charge on any atom is -0.497 e. The van der Waals surface area contributed by atoms with Crippen LogP contribution in [0, 0.1) is 13.8 Å². The Hall–Kier alpha value is -3.57. The first-order valence-electron chi connectivity index (χ1n) is 11.0. The summed E-state index contributed by atoms with van der Waals surface area (Å²) in [6, 6.07) is 16.2. The van der Waals surface area contributed by atoms with Crippen molar-refractivity contribution >= 4 is 43.0 Å². The fourth-order valence-corrected chi connectivity index (χ4v) is 5.94. The summed E-state index contributed by atoms with van der Waals surface area (Å²) in [5, 5.41) is 2.65. The van der Waals surface area contributed by atoms with Crippen molar-refractivity contribution in [1.29, 1.82) is 0 Å². The van der Waals surface area contributed by atoms with Crippen molar-refractivity contribution in [2.45, 2.75) is 31.7 Å². The molecule has 3 rings (SSSR count). The van der Waals surface area contributed by atoms with Crippen LogP contribution in [0.2, 0.25) is 0 Å². The van der Waals surface area contributed by atoms with E-state index in [2.05, 4.69) is 10.0 Å². The van der Waals surface area contributed by atoms with Crippen molar-refractivity contribution in [2.75, 3.05) is 27.7 Å². The van der Waals surface area contributed by atoms with Crippen molar-refractivity contribution < 1.29 is 26.4 Å². The average molecular weight is 532 g/mol. The number of rotatable bonds is 9. The number of benzene rings is 3. The number of anilines is 3. The van der Waals surface area contributed by atoms with Gasteiger partial charge in [-0.2, -0.15) is 0 Å². The number of ether oxygens (including phenoxy) is 1. The number of nitrogens with one attached hydrogen (secondary N) is 2. The van der Waals surface area contributed by atoms with Gasteiger partial charge < -0.3 is 10.1 Å². The third-order valence-electron chi connectivity index (χ3n) is 5.47. The topological polar surface area (TPSA) is 122 Å². The average Bonchev–Trinajstić information content (AvgIpc) is 2.81. The number of hydrogen-bond acceptors (Lipinski definition) is 6. The molecule has 0 aliphatic rings. The van der Waals surface area contributed by atoms with E-state index < -0.39 is 32.0 Å². The molecule has 1 atom stereocenters. The fourth-order valence-electron chi connectivity index (χ4n) is 3.63. The van der Waals surface area contributed by atoms with E-state index in [1.165, 1.54) is 38.3 Å². The standard InChI is InChI=1S/C25H29N3O6S2/c1-17-6-15-24(18(2)16-17)27-36(32,33)23-13-7-20(8-14-23)26-25(29)19(3)28(35(5,30)31)21-9-11-22(34-4)12-10-21/h6-16,19,27H,1-5H3,(H,26,29)/t19-/m0/s1. The second-order valence-electron chi connectivity index (χ2n) is 8.37. The van der Waals surface area contributed by atoms with Crippen LogP contribution < -0.4 is 19.1 Å². The van der Waals surface area contributed by atoms with Gasteiger partial charge in [0.25, 0.3) is 10.0 Å². The highest BCUT2D eigenvalue weighted by atomic mass is 32.2. The van der Waals surface area contributed by atoms with Crippen molar-refractivity contribution in [2.24, 2.45) is 0 Å². The maximum atomic E-state index is 12.9. The molecule has 0 unspecified atom stereocenters. The lowest BCUT2D eigenvalue weighted by molar-refractivity contribution is -0.116. The van der Waals surface area contributed by atoms with Gasteiger partial charge in [0.15, 0.2) is 0 Å². The summed E-state index contributed by atoms with van der Waals surface area (Å²) in [5.74, 6) is -0.0355. The van der Waals surface area contributed by atoms with Gasteiger partial charge in [0.05, 0.1) is 29.6 Å². The molecule has 9 nitrogen and oxygen atoms in total. The second kappa shape index (κ2) is 10.6. The van der Waals surface area contributed by atoms with Crippen LogP contribution in [0.4, 0.5) is 17.1 Å². The van der Waals surface area contributed by atoms with E-state index in [9.17, 15) is 21.6 Å². The Kier molecular flexibility index (Phi) is 7.95. The largest absolute Gasteiger partial charge is 0.497 e. The zero-order valence-electron chi connectivity index (χ0n) is 20.6. The highest BCUT2D eigenvalue weighted by Gasteiger charge is 2.29. The van der Waals surface area contributed by atoms with Gasteiger partial charge in [-0.05, 0) is 80.9 Å². The Bertz CT molecular complexity index is 1450. The molecule has 3 aromatic carbocycles. The number of sulfonamides is 2. The summed E-state index contributed by atoms with van der Waals surface area (Å²) in [4.78, 5) is 12.9. The van der Waals surface area contributed by atoms with Crippen LogP contribution in [0.3, 0.4) is 0 Å². The van der Waals surface area contributed by atoms with Gasteiger partial charge in [0, 0.05) is 5.69 Å². The first kappa shape index (κ1) is 27.0. The van der Waals surface area contributed by atoms with Crippen LogP contribution >= 0.6 is 0 Å². The van der Waals surface area contributed by atoms with E-state index in [4.69, 9.17) is 4.74 Å². The molecule has 0 aromatic heterocycles. The summed E-state index contributed by atoms with van der Waals surface area (Å²) in [5.41, 5.74) is 2.92. The van der Waals surface area contributed by atoms with Crippen LogP contribution in [-0.2, 0) is 24.8 Å². The van der Waals surface area contributed by atoms with Gasteiger partial charge in [-0.25, -0.2) is 16.8 Å². The van der Waals surface area contributed by atoms with Gasteiger partial charge >= 0.3 is 0 Å². The van der Waals surface area contributed by atoms with Gasteiger partial charge in [-0.1, -0.05) is 17.7 Å². The summed E-state index contributed by atoms with van der Waals surface area (Å²) >= 11 is 0. The summed E-state index contributed by atoms with van der Waals surface area (Å²) in [6.45, 7) is 5.20. The Balaban J connectivity index is 1.76. The molecule has 0 heterocycles. The number of methoxy groups -OCH3 is 1. The third-order valence-corrected chi connectivity index (χ3v) is 8.10. The Morgan fingerprint density at radius 1 is 0.917 bits per heavy atom. The van der Waals surface area contributed by atoms with E-state index in [-0.39, 0.29) is 4.90 Å². The number of amides is 1. The SMILES string of the molecule is COc1ccc(N([C@@H](C)C(=O)Nc2ccc(S(=O)(=O)Nc3ccc(C)cc3C)cc2)S(C)(=O)=O)cc1. The van der Waals surface area contributed by atoms with Gasteiger partial charge in [0.1, 0.15) is 11.8 Å². The van der Waals surface area contributed by atoms with Gasteiger partial charge in [0.2, 0.25) is 15.9 Å². The van der Waals surface area contributed by atoms with Crippen LogP contribution in [0.25, 0.3) is 0 Å². The molecule has 192 valence electrons. The monoisotopic (exact) mass is 531 g/mol. The van der Waals surface area contributed by atoms with Crippen molar-refractivity contribution in [3.05, 3.63) is 77.9 Å². The van der Waals surface area contributed by atoms with Gasteiger partial charge in [-0.3, -0.25) is 13.8 Å². The van der Waals surface area contributed by atoms with Crippen molar-refractivity contribution in [1.82, 2.24) is 0 Å². The normalized spacial score (nSPS) is 12.5. The molecule has 0 saturated heterocycles. The lowest BCUT2D eigenvalue weighted by atomic mass is 10.1. The quantitative estimate of drug-likeness (QED) is 0.432. The maximum absolute atomic E-state index is 12.9. The minimum absolute atomic E-state index is 0.0181. The molecule has 0 spiro atoms. The summed E-state index contributed by atoms with van der Waals surface area (Å²) in [7, 11) is -6.14. The highest BCUT2D eigenvalue weighted by Crippen LogP contribution is 2.25. The van der Waals surface area contributed by atoms with Crippen LogP contribution in [-0.4, -0.2) is 42.2 Å². The molecule has 0 radical (unpaired) electrons. The molecule has 3 aromatic rings. The summed E-state index contributed by atoms with van der Waals surface area (Å²) < 4.78 is 59.2. The molecule has 0 saturated carbocycles. The predicted octanol–water partition coefficient (Wildman–Crippen LogP) is 3.91.